The average molecular weight is 183 g/mol. The van der Waals surface area contributed by atoms with Gasteiger partial charge in [0.1, 0.15) is 0 Å². The number of piperazine rings is 1. The van der Waals surface area contributed by atoms with E-state index in [-0.39, 0.29) is 0 Å². The van der Waals surface area contributed by atoms with Crippen molar-refractivity contribution in [3.05, 3.63) is 0 Å². The molecule has 0 bridgehead atoms. The third-order valence-electron chi connectivity index (χ3n) is 3.46. The summed E-state index contributed by atoms with van der Waals surface area (Å²) in [6.07, 6.45) is 1.38. The van der Waals surface area contributed by atoms with Crippen LogP contribution in [0.5, 0.6) is 0 Å². The van der Waals surface area contributed by atoms with Crippen LogP contribution < -0.4 is 5.73 Å². The maximum Gasteiger partial charge on any atom is 0.0110 e. The average Bonchev–Trinajstić information content (AvgIpc) is 2.88. The monoisotopic (exact) mass is 183 g/mol. The molecule has 0 spiro atoms. The minimum Gasteiger partial charge on any atom is -0.330 e. The fraction of sp³-hybridized carbons (Fsp3) is 1.00. The van der Waals surface area contributed by atoms with Gasteiger partial charge in [-0.3, -0.25) is 0 Å². The fourth-order valence-corrected chi connectivity index (χ4v) is 2.18. The predicted octanol–water partition coefficient (Wildman–Crippen LogP) is -0.171. The van der Waals surface area contributed by atoms with Gasteiger partial charge >= 0.3 is 0 Å². The zero-order valence-electron chi connectivity index (χ0n) is 8.58. The first-order chi connectivity index (χ1) is 6.29. The summed E-state index contributed by atoms with van der Waals surface area (Å²) in [7, 11) is 2.21. The van der Waals surface area contributed by atoms with Gasteiger partial charge in [-0.05, 0) is 31.8 Å². The Kier molecular flexibility index (Phi) is 2.86. The normalized spacial score (nSPS) is 36.5. The summed E-state index contributed by atoms with van der Waals surface area (Å²) in [6, 6.07) is 0. The molecule has 2 aliphatic rings. The van der Waals surface area contributed by atoms with E-state index in [0.29, 0.717) is 0 Å². The molecule has 2 atom stereocenters. The van der Waals surface area contributed by atoms with Gasteiger partial charge in [-0.1, -0.05) is 0 Å². The first-order valence-corrected chi connectivity index (χ1v) is 5.40. The lowest BCUT2D eigenvalue weighted by molar-refractivity contribution is 0.147. The van der Waals surface area contributed by atoms with Crippen LogP contribution in [-0.4, -0.2) is 56.1 Å². The van der Waals surface area contributed by atoms with Crippen LogP contribution in [0.2, 0.25) is 0 Å². The van der Waals surface area contributed by atoms with E-state index in [9.17, 15) is 0 Å². The summed E-state index contributed by atoms with van der Waals surface area (Å²) in [5.74, 6) is 1.77. The summed E-state index contributed by atoms with van der Waals surface area (Å²) in [6.45, 7) is 7.18. The topological polar surface area (TPSA) is 32.5 Å². The van der Waals surface area contributed by atoms with Gasteiger partial charge in [-0.2, -0.15) is 0 Å². The lowest BCUT2D eigenvalue weighted by atomic mass is 10.2. The van der Waals surface area contributed by atoms with Crippen LogP contribution in [-0.2, 0) is 0 Å². The second kappa shape index (κ2) is 3.95. The number of hydrogen-bond donors (Lipinski definition) is 1. The molecule has 2 fully saturated rings. The van der Waals surface area contributed by atoms with Gasteiger partial charge in [0, 0.05) is 32.7 Å². The van der Waals surface area contributed by atoms with E-state index in [2.05, 4.69) is 16.8 Å². The smallest absolute Gasteiger partial charge is 0.0110 e. The van der Waals surface area contributed by atoms with E-state index in [1.165, 1.54) is 39.1 Å². The maximum absolute atomic E-state index is 5.62. The van der Waals surface area contributed by atoms with Gasteiger partial charge in [0.25, 0.3) is 0 Å². The largest absolute Gasteiger partial charge is 0.330 e. The van der Waals surface area contributed by atoms with Crippen molar-refractivity contribution in [2.24, 2.45) is 17.6 Å². The number of nitrogens with two attached hydrogens (primary N) is 1. The molecule has 0 aromatic carbocycles. The highest BCUT2D eigenvalue weighted by atomic mass is 15.2. The standard InChI is InChI=1S/C10H21N3/c1-12-2-4-13(5-3-12)8-10-6-9(10)7-11/h9-10H,2-8,11H2,1H3/t9-,10+/m1/s1. The first-order valence-electron chi connectivity index (χ1n) is 5.40. The van der Waals surface area contributed by atoms with Gasteiger partial charge < -0.3 is 15.5 Å². The van der Waals surface area contributed by atoms with Crippen molar-refractivity contribution in [2.75, 3.05) is 46.3 Å². The molecule has 1 saturated heterocycles. The summed E-state index contributed by atoms with van der Waals surface area (Å²) in [5, 5.41) is 0. The Morgan fingerprint density at radius 3 is 2.38 bits per heavy atom. The molecule has 3 nitrogen and oxygen atoms in total. The fourth-order valence-electron chi connectivity index (χ4n) is 2.18. The molecule has 0 aromatic rings. The Hall–Kier alpha value is -0.120. The Morgan fingerprint density at radius 2 is 1.85 bits per heavy atom. The Morgan fingerprint density at radius 1 is 1.15 bits per heavy atom. The highest BCUT2D eigenvalue weighted by Gasteiger charge is 2.36. The van der Waals surface area contributed by atoms with E-state index in [4.69, 9.17) is 5.73 Å². The summed E-state index contributed by atoms with van der Waals surface area (Å²) in [5.41, 5.74) is 5.62. The van der Waals surface area contributed by atoms with Gasteiger partial charge in [0.05, 0.1) is 0 Å². The van der Waals surface area contributed by atoms with Crippen molar-refractivity contribution in [3.8, 4) is 0 Å². The molecule has 0 aromatic heterocycles. The van der Waals surface area contributed by atoms with Crippen LogP contribution in [0, 0.1) is 11.8 Å². The molecule has 1 heterocycles. The Bertz CT molecular complexity index is 164. The second-order valence-corrected chi connectivity index (χ2v) is 4.60. The van der Waals surface area contributed by atoms with Crippen LogP contribution in [0.3, 0.4) is 0 Å². The molecular formula is C10H21N3. The molecule has 0 unspecified atom stereocenters. The van der Waals surface area contributed by atoms with Crippen LogP contribution in [0.4, 0.5) is 0 Å². The van der Waals surface area contributed by atoms with E-state index in [0.717, 1.165) is 18.4 Å². The predicted molar refractivity (Wildman–Crippen MR) is 54.6 cm³/mol. The van der Waals surface area contributed by atoms with Crippen molar-refractivity contribution in [1.29, 1.82) is 0 Å². The van der Waals surface area contributed by atoms with Crippen molar-refractivity contribution >= 4 is 0 Å². The molecule has 13 heavy (non-hydrogen) atoms. The summed E-state index contributed by atoms with van der Waals surface area (Å²) in [4.78, 5) is 5.00. The molecule has 2 N–H and O–H groups in total. The molecule has 1 aliphatic heterocycles. The van der Waals surface area contributed by atoms with Crippen molar-refractivity contribution in [1.82, 2.24) is 9.80 Å². The van der Waals surface area contributed by atoms with Crippen LogP contribution in [0.15, 0.2) is 0 Å². The van der Waals surface area contributed by atoms with Crippen LogP contribution in [0.1, 0.15) is 6.42 Å². The quantitative estimate of drug-likeness (QED) is 0.659. The number of rotatable bonds is 3. The molecule has 3 heteroatoms. The minimum absolute atomic E-state index is 0.847. The van der Waals surface area contributed by atoms with Gasteiger partial charge in [-0.15, -0.1) is 0 Å². The zero-order chi connectivity index (χ0) is 9.26. The summed E-state index contributed by atoms with van der Waals surface area (Å²) >= 11 is 0. The number of likely N-dealkylation sites (N-methyl/N-ethyl adjacent to an activating group) is 1. The number of nitrogens with zero attached hydrogens (tertiary/aromatic N) is 2. The molecular weight excluding hydrogens is 162 g/mol. The molecule has 0 radical (unpaired) electrons. The van der Waals surface area contributed by atoms with Crippen molar-refractivity contribution < 1.29 is 0 Å². The van der Waals surface area contributed by atoms with Gasteiger partial charge in [-0.25, -0.2) is 0 Å². The number of hydrogen-bond acceptors (Lipinski definition) is 3. The Labute approximate surface area is 80.9 Å². The van der Waals surface area contributed by atoms with Gasteiger partial charge in [0.15, 0.2) is 0 Å². The minimum atomic E-state index is 0.847. The lowest BCUT2D eigenvalue weighted by Gasteiger charge is -2.32. The van der Waals surface area contributed by atoms with E-state index < -0.39 is 0 Å². The van der Waals surface area contributed by atoms with Crippen LogP contribution >= 0.6 is 0 Å². The van der Waals surface area contributed by atoms with E-state index in [1.807, 2.05) is 0 Å². The summed E-state index contributed by atoms with van der Waals surface area (Å²) < 4.78 is 0. The molecule has 76 valence electrons. The molecule has 1 saturated carbocycles. The molecule has 1 aliphatic carbocycles. The van der Waals surface area contributed by atoms with Crippen molar-refractivity contribution in [2.45, 2.75) is 6.42 Å². The van der Waals surface area contributed by atoms with E-state index >= 15 is 0 Å². The highest BCUT2D eigenvalue weighted by molar-refractivity contribution is 4.89. The lowest BCUT2D eigenvalue weighted by Crippen LogP contribution is -2.45. The van der Waals surface area contributed by atoms with Gasteiger partial charge in [0.2, 0.25) is 0 Å². The first kappa shape index (κ1) is 9.44. The zero-order valence-corrected chi connectivity index (χ0v) is 8.58. The van der Waals surface area contributed by atoms with E-state index in [1.54, 1.807) is 0 Å². The Balaban J connectivity index is 1.66. The molecule has 0 amide bonds. The second-order valence-electron chi connectivity index (χ2n) is 4.60. The van der Waals surface area contributed by atoms with Crippen molar-refractivity contribution in [3.63, 3.8) is 0 Å². The third kappa shape index (κ3) is 2.42. The maximum atomic E-state index is 5.62. The molecule has 2 rings (SSSR count). The third-order valence-corrected chi connectivity index (χ3v) is 3.46. The SMILES string of the molecule is CN1CCN(C[C@@H]2C[C@@H]2CN)CC1. The highest BCUT2D eigenvalue weighted by Crippen LogP contribution is 2.37. The van der Waals surface area contributed by atoms with Crippen LogP contribution in [0.25, 0.3) is 0 Å².